The molecule has 1 fully saturated rings. The lowest BCUT2D eigenvalue weighted by Gasteiger charge is -2.38. The van der Waals surface area contributed by atoms with Crippen LogP contribution in [0.25, 0.3) is 0 Å². The number of carboxylic acids is 1. The molecule has 1 aliphatic rings. The Bertz CT molecular complexity index is 646. The van der Waals surface area contributed by atoms with E-state index in [1.165, 1.54) is 31.4 Å². The molecule has 0 unspecified atom stereocenters. The molecule has 1 aromatic carbocycles. The van der Waals surface area contributed by atoms with Crippen LogP contribution in [0.3, 0.4) is 0 Å². The van der Waals surface area contributed by atoms with E-state index in [0.717, 1.165) is 13.0 Å². The Balaban J connectivity index is 2.34. The molecular weight excluding hydrogens is 318 g/mol. The zero-order chi connectivity index (χ0) is 17.1. The second kappa shape index (κ2) is 6.88. The Kier molecular flexibility index (Phi) is 5.31. The Labute approximate surface area is 137 Å². The van der Waals surface area contributed by atoms with E-state index < -0.39 is 20.6 Å². The molecule has 1 saturated heterocycles. The van der Waals surface area contributed by atoms with E-state index in [0.29, 0.717) is 18.8 Å². The van der Waals surface area contributed by atoms with Crippen LogP contribution < -0.4 is 4.74 Å². The average Bonchev–Trinajstić information content (AvgIpc) is 2.55. The van der Waals surface area contributed by atoms with Crippen molar-refractivity contribution in [1.82, 2.24) is 4.90 Å². The summed E-state index contributed by atoms with van der Waals surface area (Å²) in [5, 5.41) is 9.68. The topological polar surface area (TPSA) is 83.9 Å². The van der Waals surface area contributed by atoms with Crippen molar-refractivity contribution in [3.05, 3.63) is 24.3 Å². The minimum atomic E-state index is -3.97. The van der Waals surface area contributed by atoms with Crippen molar-refractivity contribution in [2.24, 2.45) is 0 Å². The summed E-state index contributed by atoms with van der Waals surface area (Å²) in [5.41, 5.74) is 0. The predicted molar refractivity (Wildman–Crippen MR) is 86.5 cm³/mol. The van der Waals surface area contributed by atoms with E-state index >= 15 is 0 Å². The Morgan fingerprint density at radius 2 is 1.83 bits per heavy atom. The van der Waals surface area contributed by atoms with E-state index in [1.807, 2.05) is 6.92 Å². The number of aliphatic carboxylic acids is 1. The quantitative estimate of drug-likeness (QED) is 0.849. The number of piperidine rings is 1. The highest BCUT2D eigenvalue weighted by molar-refractivity contribution is 7.93. The number of carboxylic acid groups (broad SMARTS) is 1. The summed E-state index contributed by atoms with van der Waals surface area (Å²) < 4.78 is 29.2. The standard InChI is InChI=1S/C16H23NO5S/c1-3-10-17-11-8-16(9-12-17,15(18)19)23(20,21)14-6-4-13(22-2)5-7-14/h4-7H,3,8-12H2,1-2H3,(H,18,19). The van der Waals surface area contributed by atoms with Gasteiger partial charge in [-0.05, 0) is 50.1 Å². The van der Waals surface area contributed by atoms with Gasteiger partial charge >= 0.3 is 5.97 Å². The Morgan fingerprint density at radius 3 is 2.26 bits per heavy atom. The first-order chi connectivity index (χ1) is 10.9. The van der Waals surface area contributed by atoms with Crippen LogP contribution in [0.2, 0.25) is 0 Å². The van der Waals surface area contributed by atoms with Crippen LogP contribution in [0.5, 0.6) is 5.75 Å². The van der Waals surface area contributed by atoms with Gasteiger partial charge in [0.1, 0.15) is 5.75 Å². The zero-order valence-corrected chi connectivity index (χ0v) is 14.3. The summed E-state index contributed by atoms with van der Waals surface area (Å²) >= 11 is 0. The van der Waals surface area contributed by atoms with Gasteiger partial charge in [0.25, 0.3) is 0 Å². The fourth-order valence-electron chi connectivity index (χ4n) is 3.03. The van der Waals surface area contributed by atoms with Gasteiger partial charge in [-0.25, -0.2) is 8.42 Å². The van der Waals surface area contributed by atoms with Crippen LogP contribution in [0, 0.1) is 0 Å². The van der Waals surface area contributed by atoms with Gasteiger partial charge in [0.2, 0.25) is 0 Å². The summed E-state index contributed by atoms with van der Waals surface area (Å²) in [6.07, 6.45) is 1.18. The van der Waals surface area contributed by atoms with Gasteiger partial charge in [-0.1, -0.05) is 6.92 Å². The molecule has 0 aromatic heterocycles. The molecule has 0 bridgehead atoms. The van der Waals surface area contributed by atoms with Crippen molar-refractivity contribution in [2.45, 2.75) is 35.8 Å². The van der Waals surface area contributed by atoms with Crippen LogP contribution in [0.15, 0.2) is 29.2 Å². The molecule has 0 saturated carbocycles. The highest BCUT2D eigenvalue weighted by atomic mass is 32.2. The number of nitrogens with zero attached hydrogens (tertiary/aromatic N) is 1. The van der Waals surface area contributed by atoms with E-state index in [-0.39, 0.29) is 17.7 Å². The Hall–Kier alpha value is -1.60. The fourth-order valence-corrected chi connectivity index (χ4v) is 4.93. The first-order valence-electron chi connectivity index (χ1n) is 7.72. The summed E-state index contributed by atoms with van der Waals surface area (Å²) in [4.78, 5) is 14.0. The van der Waals surface area contributed by atoms with Gasteiger partial charge in [-0.3, -0.25) is 4.79 Å². The lowest BCUT2D eigenvalue weighted by atomic mass is 9.95. The third-order valence-corrected chi connectivity index (χ3v) is 6.98. The average molecular weight is 341 g/mol. The van der Waals surface area contributed by atoms with Crippen molar-refractivity contribution in [3.8, 4) is 5.75 Å². The van der Waals surface area contributed by atoms with E-state index in [4.69, 9.17) is 4.74 Å². The van der Waals surface area contributed by atoms with Crippen LogP contribution in [-0.2, 0) is 14.6 Å². The summed E-state index contributed by atoms with van der Waals surface area (Å²) in [6, 6.07) is 5.90. The monoisotopic (exact) mass is 341 g/mol. The van der Waals surface area contributed by atoms with Crippen molar-refractivity contribution < 1.29 is 23.1 Å². The summed E-state index contributed by atoms with van der Waals surface area (Å²) in [5.74, 6) is -0.726. The number of benzene rings is 1. The maximum absolute atomic E-state index is 13.0. The van der Waals surface area contributed by atoms with E-state index in [9.17, 15) is 18.3 Å². The first-order valence-corrected chi connectivity index (χ1v) is 9.20. The molecule has 1 heterocycles. The van der Waals surface area contributed by atoms with Gasteiger partial charge in [0.15, 0.2) is 14.6 Å². The molecule has 1 aromatic rings. The maximum atomic E-state index is 13.0. The number of methoxy groups -OCH3 is 1. The smallest absolute Gasteiger partial charge is 0.325 e. The molecule has 1 aliphatic heterocycles. The minimum absolute atomic E-state index is 0.0321. The lowest BCUT2D eigenvalue weighted by molar-refractivity contribution is -0.141. The SMILES string of the molecule is CCCN1CCC(C(=O)O)(S(=O)(=O)c2ccc(OC)cc2)CC1. The normalized spacial score (nSPS) is 18.5. The highest BCUT2D eigenvalue weighted by Gasteiger charge is 2.53. The molecule has 7 heteroatoms. The number of sulfone groups is 1. The van der Waals surface area contributed by atoms with Crippen molar-refractivity contribution in [2.75, 3.05) is 26.7 Å². The van der Waals surface area contributed by atoms with Gasteiger partial charge < -0.3 is 14.7 Å². The van der Waals surface area contributed by atoms with Crippen LogP contribution in [0.1, 0.15) is 26.2 Å². The van der Waals surface area contributed by atoms with Crippen molar-refractivity contribution in [3.63, 3.8) is 0 Å². The molecule has 0 atom stereocenters. The summed E-state index contributed by atoms with van der Waals surface area (Å²) in [7, 11) is -2.48. The number of likely N-dealkylation sites (tertiary alicyclic amines) is 1. The molecule has 23 heavy (non-hydrogen) atoms. The second-order valence-corrected chi connectivity index (χ2v) is 8.08. The fraction of sp³-hybridized carbons (Fsp3) is 0.562. The lowest BCUT2D eigenvalue weighted by Crippen LogP contribution is -2.54. The minimum Gasteiger partial charge on any atom is -0.497 e. The number of carbonyl (C=O) groups is 1. The molecule has 1 N–H and O–H groups in total. The van der Waals surface area contributed by atoms with Crippen LogP contribution in [-0.4, -0.2) is 55.9 Å². The number of rotatable bonds is 6. The number of hydrogen-bond donors (Lipinski definition) is 1. The van der Waals surface area contributed by atoms with E-state index in [1.54, 1.807) is 0 Å². The van der Waals surface area contributed by atoms with Crippen LogP contribution >= 0.6 is 0 Å². The van der Waals surface area contributed by atoms with Gasteiger partial charge in [-0.2, -0.15) is 0 Å². The molecule has 0 amide bonds. The molecule has 6 nitrogen and oxygen atoms in total. The molecule has 2 rings (SSSR count). The third kappa shape index (κ3) is 3.21. The largest absolute Gasteiger partial charge is 0.497 e. The second-order valence-electron chi connectivity index (χ2n) is 5.82. The molecule has 0 radical (unpaired) electrons. The molecule has 0 spiro atoms. The van der Waals surface area contributed by atoms with Gasteiger partial charge in [-0.15, -0.1) is 0 Å². The molecule has 0 aliphatic carbocycles. The zero-order valence-electron chi connectivity index (χ0n) is 13.5. The van der Waals surface area contributed by atoms with Gasteiger partial charge in [0.05, 0.1) is 12.0 Å². The maximum Gasteiger partial charge on any atom is 0.325 e. The number of hydrogen-bond acceptors (Lipinski definition) is 5. The van der Waals surface area contributed by atoms with Crippen molar-refractivity contribution >= 4 is 15.8 Å². The molecule has 128 valence electrons. The predicted octanol–water partition coefficient (Wildman–Crippen LogP) is 1.80. The van der Waals surface area contributed by atoms with E-state index in [2.05, 4.69) is 4.90 Å². The third-order valence-electron chi connectivity index (χ3n) is 4.48. The number of ether oxygens (including phenoxy) is 1. The van der Waals surface area contributed by atoms with Gasteiger partial charge in [0, 0.05) is 13.1 Å². The first kappa shape index (κ1) is 17.7. The van der Waals surface area contributed by atoms with Crippen LogP contribution in [0.4, 0.5) is 0 Å². The van der Waals surface area contributed by atoms with Crippen molar-refractivity contribution in [1.29, 1.82) is 0 Å². The highest BCUT2D eigenvalue weighted by Crippen LogP contribution is 2.36. The Morgan fingerprint density at radius 1 is 1.26 bits per heavy atom. The summed E-state index contributed by atoms with van der Waals surface area (Å²) in [6.45, 7) is 3.87. The molecular formula is C16H23NO5S.